The van der Waals surface area contributed by atoms with Crippen molar-refractivity contribution in [2.24, 2.45) is 0 Å². The minimum absolute atomic E-state index is 0.272. The Hall–Kier alpha value is -0.850. The number of hydrogen-bond acceptors (Lipinski definition) is 1. The molecule has 0 spiro atoms. The molecule has 1 unspecified atom stereocenters. The number of imidazole rings is 1. The molecule has 1 heterocycles. The number of benzene rings is 2. The lowest BCUT2D eigenvalue weighted by Gasteiger charge is -2.12. The van der Waals surface area contributed by atoms with E-state index >= 15 is 0 Å². The van der Waals surface area contributed by atoms with Crippen molar-refractivity contribution >= 4 is 56.8 Å². The number of nitrogens with zero attached hydrogens (tertiary/aromatic N) is 2. The fourth-order valence-corrected chi connectivity index (χ4v) is 3.34. The van der Waals surface area contributed by atoms with E-state index in [1.165, 1.54) is 12.1 Å². The smallest absolute Gasteiger partial charge is 0.132 e. The maximum absolute atomic E-state index is 13.3. The number of halogens is 4. The molecule has 0 saturated carbocycles. The fourth-order valence-electron chi connectivity index (χ4n) is 2.27. The maximum atomic E-state index is 13.3. The highest BCUT2D eigenvalue weighted by molar-refractivity contribution is 14.1. The average Bonchev–Trinajstić information content (AvgIpc) is 2.80. The molecule has 0 bridgehead atoms. The highest BCUT2D eigenvalue weighted by Gasteiger charge is 2.19. The van der Waals surface area contributed by atoms with Crippen molar-refractivity contribution in [2.75, 3.05) is 0 Å². The first-order valence-corrected chi connectivity index (χ1v) is 8.14. The Kier molecular flexibility index (Phi) is 4.12. The van der Waals surface area contributed by atoms with Crippen molar-refractivity contribution in [3.63, 3.8) is 0 Å². The minimum atomic E-state index is -0.297. The largest absolute Gasteiger partial charge is 0.294 e. The van der Waals surface area contributed by atoms with Gasteiger partial charge in [-0.2, -0.15) is 0 Å². The molecule has 2 aromatic carbocycles. The summed E-state index contributed by atoms with van der Waals surface area (Å²) in [6, 6.07) is 10.2. The van der Waals surface area contributed by atoms with Gasteiger partial charge in [-0.05, 0) is 59.8 Å². The van der Waals surface area contributed by atoms with Crippen molar-refractivity contribution in [3.05, 3.63) is 56.6 Å². The van der Waals surface area contributed by atoms with Gasteiger partial charge < -0.3 is 0 Å². The number of para-hydroxylation sites is 1. The molecule has 1 aromatic heterocycles. The molecule has 0 radical (unpaired) electrons. The van der Waals surface area contributed by atoms with Crippen LogP contribution in [-0.4, -0.2) is 9.55 Å². The molecule has 6 heteroatoms. The SMILES string of the molecule is CC(Cl)c1nc2c(Cl)cccc2n1-c1ccc(F)cc1I. The summed E-state index contributed by atoms with van der Waals surface area (Å²) in [6.07, 6.45) is 0. The van der Waals surface area contributed by atoms with Crippen LogP contribution in [0.5, 0.6) is 0 Å². The van der Waals surface area contributed by atoms with Crippen molar-refractivity contribution in [2.45, 2.75) is 12.3 Å². The lowest BCUT2D eigenvalue weighted by atomic mass is 10.2. The Balaban J connectivity index is 2.39. The third-order valence-electron chi connectivity index (χ3n) is 3.17. The van der Waals surface area contributed by atoms with Crippen molar-refractivity contribution < 1.29 is 4.39 Å². The van der Waals surface area contributed by atoms with E-state index in [0.29, 0.717) is 16.4 Å². The van der Waals surface area contributed by atoms with Crippen LogP contribution in [-0.2, 0) is 0 Å². The summed E-state index contributed by atoms with van der Waals surface area (Å²) < 4.78 is 16.1. The summed E-state index contributed by atoms with van der Waals surface area (Å²) in [4.78, 5) is 4.55. The Labute approximate surface area is 145 Å². The van der Waals surface area contributed by atoms with Crippen LogP contribution in [0.25, 0.3) is 16.7 Å². The van der Waals surface area contributed by atoms with Gasteiger partial charge in [0.25, 0.3) is 0 Å². The number of hydrogen-bond donors (Lipinski definition) is 0. The van der Waals surface area contributed by atoms with E-state index < -0.39 is 0 Å². The number of alkyl halides is 1. The van der Waals surface area contributed by atoms with Crippen molar-refractivity contribution in [1.29, 1.82) is 0 Å². The topological polar surface area (TPSA) is 17.8 Å². The van der Waals surface area contributed by atoms with Gasteiger partial charge in [-0.25, -0.2) is 9.37 Å². The standard InChI is InChI=1S/C15H10Cl2FIN2/c1-8(16)15-20-14-10(17)3-2-4-13(14)21(15)12-6-5-9(18)7-11(12)19/h2-8H,1H3. The molecule has 0 aliphatic carbocycles. The van der Waals surface area contributed by atoms with Crippen LogP contribution in [0.3, 0.4) is 0 Å². The van der Waals surface area contributed by atoms with E-state index in [4.69, 9.17) is 23.2 Å². The molecule has 0 saturated heterocycles. The third kappa shape index (κ3) is 2.64. The molecule has 0 fully saturated rings. The molecule has 3 rings (SSSR count). The molecule has 108 valence electrons. The van der Waals surface area contributed by atoms with Gasteiger partial charge in [-0.3, -0.25) is 4.57 Å². The second kappa shape index (κ2) is 5.74. The molecule has 1 atom stereocenters. The summed E-state index contributed by atoms with van der Waals surface area (Å²) in [5.74, 6) is 0.412. The van der Waals surface area contributed by atoms with Gasteiger partial charge in [-0.15, -0.1) is 11.6 Å². The molecular formula is C15H10Cl2FIN2. The van der Waals surface area contributed by atoms with Gasteiger partial charge in [0.2, 0.25) is 0 Å². The van der Waals surface area contributed by atoms with Gasteiger partial charge >= 0.3 is 0 Å². The summed E-state index contributed by atoms with van der Waals surface area (Å²) in [5.41, 5.74) is 2.39. The van der Waals surface area contributed by atoms with Gasteiger partial charge in [0.15, 0.2) is 0 Å². The monoisotopic (exact) mass is 434 g/mol. The molecule has 21 heavy (non-hydrogen) atoms. The van der Waals surface area contributed by atoms with E-state index in [1.807, 2.05) is 23.6 Å². The predicted octanol–water partition coefficient (Wildman–Crippen LogP) is 5.72. The normalized spacial score (nSPS) is 12.8. The summed E-state index contributed by atoms with van der Waals surface area (Å²) >= 11 is 14.6. The quantitative estimate of drug-likeness (QED) is 0.372. The maximum Gasteiger partial charge on any atom is 0.132 e. The van der Waals surface area contributed by atoms with Crippen LogP contribution in [0.4, 0.5) is 4.39 Å². The third-order valence-corrected chi connectivity index (χ3v) is 4.53. The number of fused-ring (bicyclic) bond motifs is 1. The Morgan fingerprint density at radius 1 is 1.29 bits per heavy atom. The first-order valence-electron chi connectivity index (χ1n) is 6.25. The highest BCUT2D eigenvalue weighted by Crippen LogP contribution is 2.33. The summed E-state index contributed by atoms with van der Waals surface area (Å²) in [6.45, 7) is 1.85. The van der Waals surface area contributed by atoms with E-state index in [1.54, 1.807) is 12.1 Å². The lowest BCUT2D eigenvalue weighted by Crippen LogP contribution is -2.04. The summed E-state index contributed by atoms with van der Waals surface area (Å²) in [5, 5.41) is 0.274. The zero-order valence-electron chi connectivity index (χ0n) is 10.9. The fraction of sp³-hybridized carbons (Fsp3) is 0.133. The first kappa shape index (κ1) is 15.1. The first-order chi connectivity index (χ1) is 9.99. The van der Waals surface area contributed by atoms with Crippen molar-refractivity contribution in [1.82, 2.24) is 9.55 Å². The Morgan fingerprint density at radius 2 is 2.05 bits per heavy atom. The second-order valence-electron chi connectivity index (χ2n) is 4.62. The van der Waals surface area contributed by atoms with Crippen molar-refractivity contribution in [3.8, 4) is 5.69 Å². The molecule has 3 aromatic rings. The highest BCUT2D eigenvalue weighted by atomic mass is 127. The van der Waals surface area contributed by atoms with Gasteiger partial charge in [-0.1, -0.05) is 17.7 Å². The molecule has 2 nitrogen and oxygen atoms in total. The van der Waals surface area contributed by atoms with Gasteiger partial charge in [0.1, 0.15) is 17.2 Å². The predicted molar refractivity (Wildman–Crippen MR) is 93.0 cm³/mol. The van der Waals surface area contributed by atoms with E-state index in [2.05, 4.69) is 27.6 Å². The van der Waals surface area contributed by atoms with Gasteiger partial charge in [0, 0.05) is 3.57 Å². The van der Waals surface area contributed by atoms with Crippen LogP contribution in [0, 0.1) is 9.39 Å². The lowest BCUT2D eigenvalue weighted by molar-refractivity contribution is 0.626. The molecular weight excluding hydrogens is 425 g/mol. The van der Waals surface area contributed by atoms with E-state index in [9.17, 15) is 4.39 Å². The summed E-state index contributed by atoms with van der Waals surface area (Å²) in [7, 11) is 0. The zero-order valence-corrected chi connectivity index (χ0v) is 14.6. The second-order valence-corrected chi connectivity index (χ2v) is 6.85. The van der Waals surface area contributed by atoms with Crippen LogP contribution < -0.4 is 0 Å². The molecule has 0 aliphatic rings. The molecule has 0 amide bonds. The number of aromatic nitrogens is 2. The van der Waals surface area contributed by atoms with Crippen LogP contribution >= 0.6 is 45.8 Å². The average molecular weight is 435 g/mol. The van der Waals surface area contributed by atoms with Crippen LogP contribution in [0.2, 0.25) is 5.02 Å². The molecule has 0 aliphatic heterocycles. The van der Waals surface area contributed by atoms with Gasteiger partial charge in [0.05, 0.1) is 21.6 Å². The minimum Gasteiger partial charge on any atom is -0.294 e. The number of rotatable bonds is 2. The zero-order chi connectivity index (χ0) is 15.1. The van der Waals surface area contributed by atoms with Crippen LogP contribution in [0.1, 0.15) is 18.1 Å². The van der Waals surface area contributed by atoms with Crippen LogP contribution in [0.15, 0.2) is 36.4 Å². The molecule has 0 N–H and O–H groups in total. The van der Waals surface area contributed by atoms with E-state index in [-0.39, 0.29) is 11.2 Å². The van der Waals surface area contributed by atoms with E-state index in [0.717, 1.165) is 14.8 Å². The Morgan fingerprint density at radius 3 is 2.71 bits per heavy atom. The Bertz CT molecular complexity index is 830.